The van der Waals surface area contributed by atoms with E-state index in [0.717, 1.165) is 35.1 Å². The van der Waals surface area contributed by atoms with Crippen LogP contribution in [0.15, 0.2) is 48.5 Å². The fourth-order valence-corrected chi connectivity index (χ4v) is 4.87. The predicted octanol–water partition coefficient (Wildman–Crippen LogP) is 4.26. The monoisotopic (exact) mass is 464 g/mol. The topological polar surface area (TPSA) is 95.9 Å². The molecule has 0 spiro atoms. The maximum atomic E-state index is 13.1. The number of carboxylic acid groups (broad SMARTS) is 1. The van der Waals surface area contributed by atoms with Crippen molar-refractivity contribution in [2.24, 2.45) is 11.8 Å². The van der Waals surface area contributed by atoms with Crippen LogP contribution in [0.4, 0.5) is 4.79 Å². The van der Waals surface area contributed by atoms with Crippen molar-refractivity contribution < 1.29 is 24.2 Å². The van der Waals surface area contributed by atoms with Crippen molar-refractivity contribution in [3.05, 3.63) is 59.7 Å². The number of nitrogens with zero attached hydrogens (tertiary/aromatic N) is 1. The highest BCUT2D eigenvalue weighted by Gasteiger charge is 2.35. The molecule has 0 aliphatic heterocycles. The Kier molecular flexibility index (Phi) is 7.20. The van der Waals surface area contributed by atoms with E-state index >= 15 is 0 Å². The van der Waals surface area contributed by atoms with Crippen molar-refractivity contribution >= 4 is 18.0 Å². The van der Waals surface area contributed by atoms with Crippen LogP contribution in [-0.4, -0.2) is 53.7 Å². The lowest BCUT2D eigenvalue weighted by Crippen LogP contribution is -2.48. The van der Waals surface area contributed by atoms with Crippen molar-refractivity contribution in [1.29, 1.82) is 0 Å². The van der Waals surface area contributed by atoms with Gasteiger partial charge in [-0.3, -0.25) is 4.79 Å². The highest BCUT2D eigenvalue weighted by atomic mass is 16.5. The normalized spacial score (nSPS) is 16.2. The molecule has 2 aromatic rings. The van der Waals surface area contributed by atoms with Crippen LogP contribution < -0.4 is 5.32 Å². The molecule has 7 nitrogen and oxygen atoms in total. The van der Waals surface area contributed by atoms with E-state index in [1.54, 1.807) is 6.92 Å². The Bertz CT molecular complexity index is 1020. The molecule has 2 aromatic carbocycles. The van der Waals surface area contributed by atoms with Gasteiger partial charge >= 0.3 is 12.1 Å². The molecule has 180 valence electrons. The summed E-state index contributed by atoms with van der Waals surface area (Å²) in [7, 11) is 0. The Morgan fingerprint density at radius 1 is 1.06 bits per heavy atom. The lowest BCUT2D eigenvalue weighted by molar-refractivity contribution is -0.151. The quantitative estimate of drug-likeness (QED) is 0.548. The first kappa shape index (κ1) is 23.8. The van der Waals surface area contributed by atoms with Crippen LogP contribution in [0.5, 0.6) is 0 Å². The molecule has 0 bridgehead atoms. The molecule has 0 radical (unpaired) electrons. The van der Waals surface area contributed by atoms with Gasteiger partial charge in [-0.1, -0.05) is 61.4 Å². The first-order valence-corrected chi connectivity index (χ1v) is 12.0. The third-order valence-corrected chi connectivity index (χ3v) is 6.95. The van der Waals surface area contributed by atoms with E-state index in [2.05, 4.69) is 29.6 Å². The maximum Gasteiger partial charge on any atom is 0.407 e. The summed E-state index contributed by atoms with van der Waals surface area (Å²) in [6.07, 6.45) is 2.21. The third-order valence-electron chi connectivity index (χ3n) is 6.95. The number of carbonyl (C=O) groups excluding carboxylic acids is 2. The van der Waals surface area contributed by atoms with Crippen LogP contribution in [0.2, 0.25) is 0 Å². The lowest BCUT2D eigenvalue weighted by Gasteiger charge is -2.29. The molecular weight excluding hydrogens is 432 g/mol. The second-order valence-electron chi connectivity index (χ2n) is 9.22. The van der Waals surface area contributed by atoms with E-state index in [4.69, 9.17) is 4.74 Å². The second kappa shape index (κ2) is 10.3. The van der Waals surface area contributed by atoms with Crippen LogP contribution in [0.25, 0.3) is 11.1 Å². The summed E-state index contributed by atoms with van der Waals surface area (Å²) in [6.45, 7) is 3.92. The number of rotatable bonds is 10. The van der Waals surface area contributed by atoms with Crippen LogP contribution in [0.1, 0.15) is 50.2 Å². The van der Waals surface area contributed by atoms with E-state index in [1.165, 1.54) is 11.8 Å². The Balaban J connectivity index is 1.37. The number of aliphatic carboxylic acids is 1. The highest BCUT2D eigenvalue weighted by Crippen LogP contribution is 2.44. The van der Waals surface area contributed by atoms with Crippen LogP contribution >= 0.6 is 0 Å². The number of carbonyl (C=O) groups is 3. The molecule has 2 aliphatic rings. The minimum absolute atomic E-state index is 0.0333. The molecule has 2 amide bonds. The average molecular weight is 465 g/mol. The zero-order valence-electron chi connectivity index (χ0n) is 19.7. The van der Waals surface area contributed by atoms with Crippen molar-refractivity contribution in [1.82, 2.24) is 10.2 Å². The van der Waals surface area contributed by atoms with E-state index in [9.17, 15) is 19.5 Å². The minimum atomic E-state index is -1.04. The first-order valence-electron chi connectivity index (χ1n) is 12.0. The summed E-state index contributed by atoms with van der Waals surface area (Å²) in [4.78, 5) is 38.5. The van der Waals surface area contributed by atoms with Gasteiger partial charge in [0.1, 0.15) is 12.6 Å². The molecule has 2 N–H and O–H groups in total. The molecule has 2 unspecified atom stereocenters. The minimum Gasteiger partial charge on any atom is -0.480 e. The van der Waals surface area contributed by atoms with Gasteiger partial charge in [-0.2, -0.15) is 0 Å². The Morgan fingerprint density at radius 2 is 1.65 bits per heavy atom. The Morgan fingerprint density at radius 3 is 2.18 bits per heavy atom. The predicted molar refractivity (Wildman–Crippen MR) is 128 cm³/mol. The number of hydrogen-bond donors (Lipinski definition) is 2. The van der Waals surface area contributed by atoms with Crippen molar-refractivity contribution in [3.63, 3.8) is 0 Å². The third kappa shape index (κ3) is 5.08. The number of hydrogen-bond acceptors (Lipinski definition) is 4. The van der Waals surface area contributed by atoms with Gasteiger partial charge in [0.05, 0.1) is 5.92 Å². The van der Waals surface area contributed by atoms with Gasteiger partial charge in [0.2, 0.25) is 5.91 Å². The van der Waals surface area contributed by atoms with Gasteiger partial charge in [-0.05, 0) is 48.4 Å². The summed E-state index contributed by atoms with van der Waals surface area (Å²) in [6, 6.07) is 15.4. The van der Waals surface area contributed by atoms with Crippen LogP contribution in [-0.2, 0) is 14.3 Å². The number of carboxylic acids is 1. The van der Waals surface area contributed by atoms with Gasteiger partial charge < -0.3 is 20.1 Å². The van der Waals surface area contributed by atoms with Gasteiger partial charge in [0.25, 0.3) is 0 Å². The van der Waals surface area contributed by atoms with E-state index in [1.807, 2.05) is 24.3 Å². The summed E-state index contributed by atoms with van der Waals surface area (Å²) in [5.41, 5.74) is 4.60. The molecule has 0 saturated heterocycles. The van der Waals surface area contributed by atoms with Crippen molar-refractivity contribution in [2.75, 3.05) is 19.7 Å². The van der Waals surface area contributed by atoms with Gasteiger partial charge in [-0.15, -0.1) is 0 Å². The fourth-order valence-electron chi connectivity index (χ4n) is 4.87. The smallest absolute Gasteiger partial charge is 0.407 e. The number of fused-ring (bicyclic) bond motifs is 3. The van der Waals surface area contributed by atoms with E-state index in [0.29, 0.717) is 18.9 Å². The van der Waals surface area contributed by atoms with Gasteiger partial charge in [0, 0.05) is 19.0 Å². The Hall–Kier alpha value is -3.35. The molecule has 1 saturated carbocycles. The SMILES string of the molecule is CCN(C(=O)C(CNC(=O)OCC1c2ccccc2-c2ccccc21)CC1CC1)C(C)C(=O)O. The number of ether oxygens (including phenoxy) is 1. The number of amides is 2. The summed E-state index contributed by atoms with van der Waals surface area (Å²) in [5.74, 6) is -1.31. The zero-order chi connectivity index (χ0) is 24.2. The van der Waals surface area contributed by atoms with Crippen LogP contribution in [0, 0.1) is 11.8 Å². The van der Waals surface area contributed by atoms with Gasteiger partial charge in [0.15, 0.2) is 0 Å². The van der Waals surface area contributed by atoms with E-state index < -0.39 is 24.0 Å². The molecule has 1 fully saturated rings. The van der Waals surface area contributed by atoms with E-state index in [-0.39, 0.29) is 25.0 Å². The molecule has 4 rings (SSSR count). The first-order chi connectivity index (χ1) is 16.4. The standard InChI is InChI=1S/C27H32N2O5/c1-3-29(17(2)26(31)32)25(30)19(14-18-12-13-18)15-28-27(33)34-16-24-22-10-6-4-8-20(22)21-9-5-7-11-23(21)24/h4-11,17-19,24H,3,12-16H2,1-2H3,(H,28,33)(H,31,32). The average Bonchev–Trinajstić information content (AvgIpc) is 3.61. The summed E-state index contributed by atoms with van der Waals surface area (Å²) >= 11 is 0. The molecule has 34 heavy (non-hydrogen) atoms. The highest BCUT2D eigenvalue weighted by molar-refractivity contribution is 5.85. The number of benzene rings is 2. The van der Waals surface area contributed by atoms with Crippen LogP contribution in [0.3, 0.4) is 0 Å². The molecular formula is C27H32N2O5. The molecule has 0 aromatic heterocycles. The lowest BCUT2D eigenvalue weighted by atomic mass is 9.98. The largest absolute Gasteiger partial charge is 0.480 e. The molecule has 0 heterocycles. The molecule has 2 atom stereocenters. The van der Waals surface area contributed by atoms with Gasteiger partial charge in [-0.25, -0.2) is 9.59 Å². The number of nitrogens with one attached hydrogen (secondary N) is 1. The molecule has 7 heteroatoms. The fraction of sp³-hybridized carbons (Fsp3) is 0.444. The number of likely N-dealkylation sites (N-methyl/N-ethyl adjacent to an activating group) is 1. The summed E-state index contributed by atoms with van der Waals surface area (Å²) < 4.78 is 5.59. The zero-order valence-corrected chi connectivity index (χ0v) is 19.7. The summed E-state index contributed by atoms with van der Waals surface area (Å²) in [5, 5.41) is 12.1. The second-order valence-corrected chi connectivity index (χ2v) is 9.22. The number of alkyl carbamates (subject to hydrolysis) is 1. The molecule has 2 aliphatic carbocycles. The van der Waals surface area contributed by atoms with Crippen molar-refractivity contribution in [3.8, 4) is 11.1 Å². The van der Waals surface area contributed by atoms with Crippen molar-refractivity contribution in [2.45, 2.75) is 45.1 Å². The maximum absolute atomic E-state index is 13.1. The Labute approximate surface area is 200 Å².